The van der Waals surface area contributed by atoms with E-state index in [1.165, 1.54) is 10.5 Å². The average Bonchev–Trinajstić information content (AvgIpc) is 2.44. The highest BCUT2D eigenvalue weighted by Crippen LogP contribution is 2.35. The maximum Gasteiger partial charge on any atom is 0.0862 e. The third-order valence-electron chi connectivity index (χ3n) is 3.06. The molecule has 0 unspecified atom stereocenters. The normalized spacial score (nSPS) is 10.9. The van der Waals surface area contributed by atoms with Gasteiger partial charge >= 0.3 is 0 Å². The van der Waals surface area contributed by atoms with Crippen LogP contribution in [0.15, 0.2) is 62.9 Å². The number of aromatic nitrogens is 1. The maximum atomic E-state index is 6.04. The van der Waals surface area contributed by atoms with Crippen molar-refractivity contribution in [1.82, 2.24) is 4.98 Å². The van der Waals surface area contributed by atoms with Gasteiger partial charge in [0, 0.05) is 31.5 Å². The number of hydrogen-bond donors (Lipinski definition) is 1. The summed E-state index contributed by atoms with van der Waals surface area (Å²) in [6.45, 7) is 2.09. The van der Waals surface area contributed by atoms with E-state index in [4.69, 9.17) is 5.73 Å². The Bertz CT molecular complexity index is 769. The molecule has 0 fully saturated rings. The third-order valence-corrected chi connectivity index (χ3v) is 4.55. The van der Waals surface area contributed by atoms with Crippen molar-refractivity contribution in [1.29, 1.82) is 0 Å². The van der Waals surface area contributed by atoms with Gasteiger partial charge < -0.3 is 5.73 Å². The molecule has 0 radical (unpaired) electrons. The Morgan fingerprint density at radius 2 is 1.85 bits per heavy atom. The van der Waals surface area contributed by atoms with Crippen LogP contribution in [0.5, 0.6) is 0 Å². The predicted molar refractivity (Wildman–Crippen MR) is 89.2 cm³/mol. The van der Waals surface area contributed by atoms with Gasteiger partial charge in [-0.15, -0.1) is 0 Å². The zero-order chi connectivity index (χ0) is 14.1. The first-order valence-corrected chi connectivity index (χ1v) is 7.83. The Kier molecular flexibility index (Phi) is 3.68. The summed E-state index contributed by atoms with van der Waals surface area (Å²) in [7, 11) is 0. The third kappa shape index (κ3) is 2.67. The van der Waals surface area contributed by atoms with Crippen LogP contribution in [0.25, 0.3) is 10.9 Å². The largest absolute Gasteiger partial charge is 0.398 e. The number of nitrogens with zero attached hydrogens (tertiary/aromatic N) is 1. The van der Waals surface area contributed by atoms with Gasteiger partial charge in [-0.05, 0) is 53.2 Å². The molecule has 1 aromatic heterocycles. The standard InChI is InChI=1S/C16H13BrN2S/c1-10-2-4-12(5-3-10)20-15-7-6-14(18)13-8-11(17)9-19-16(13)15/h2-9H,18H2,1H3. The lowest BCUT2D eigenvalue weighted by molar-refractivity contribution is 1.32. The lowest BCUT2D eigenvalue weighted by Gasteiger charge is -2.08. The van der Waals surface area contributed by atoms with Crippen molar-refractivity contribution < 1.29 is 0 Å². The average molecular weight is 345 g/mol. The number of anilines is 1. The zero-order valence-electron chi connectivity index (χ0n) is 10.9. The summed E-state index contributed by atoms with van der Waals surface area (Å²) in [5.41, 5.74) is 8.99. The molecule has 2 nitrogen and oxygen atoms in total. The Hall–Kier alpha value is -1.52. The lowest BCUT2D eigenvalue weighted by atomic mass is 10.2. The van der Waals surface area contributed by atoms with Gasteiger partial charge in [-0.25, -0.2) is 0 Å². The van der Waals surface area contributed by atoms with Crippen LogP contribution in [-0.2, 0) is 0 Å². The molecule has 0 saturated heterocycles. The second kappa shape index (κ2) is 5.46. The molecule has 0 atom stereocenters. The van der Waals surface area contributed by atoms with Crippen LogP contribution in [0.4, 0.5) is 5.69 Å². The molecule has 3 aromatic rings. The Morgan fingerprint density at radius 3 is 2.60 bits per heavy atom. The zero-order valence-corrected chi connectivity index (χ0v) is 13.3. The van der Waals surface area contributed by atoms with Gasteiger partial charge in [0.1, 0.15) is 0 Å². The molecule has 0 aliphatic heterocycles. The van der Waals surface area contributed by atoms with Gasteiger partial charge in [0.05, 0.1) is 5.52 Å². The van der Waals surface area contributed by atoms with E-state index >= 15 is 0 Å². The van der Waals surface area contributed by atoms with Gasteiger partial charge in [0.2, 0.25) is 0 Å². The molecule has 0 aliphatic carbocycles. The van der Waals surface area contributed by atoms with Gasteiger partial charge in [-0.3, -0.25) is 4.98 Å². The number of nitrogen functional groups attached to an aromatic ring is 1. The van der Waals surface area contributed by atoms with E-state index in [1.807, 2.05) is 18.2 Å². The number of hydrogen-bond acceptors (Lipinski definition) is 3. The molecule has 100 valence electrons. The minimum Gasteiger partial charge on any atom is -0.398 e. The van der Waals surface area contributed by atoms with Gasteiger partial charge in [-0.2, -0.15) is 0 Å². The molecular weight excluding hydrogens is 332 g/mol. The number of pyridine rings is 1. The molecule has 2 N–H and O–H groups in total. The highest BCUT2D eigenvalue weighted by molar-refractivity contribution is 9.10. The minimum absolute atomic E-state index is 0.752. The van der Waals surface area contributed by atoms with Crippen LogP contribution >= 0.6 is 27.7 Å². The van der Waals surface area contributed by atoms with Crippen molar-refractivity contribution >= 4 is 44.3 Å². The van der Waals surface area contributed by atoms with Gasteiger partial charge in [0.15, 0.2) is 0 Å². The predicted octanol–water partition coefficient (Wildman–Crippen LogP) is 5.04. The second-order valence-electron chi connectivity index (χ2n) is 4.62. The fourth-order valence-corrected chi connectivity index (χ4v) is 3.26. The summed E-state index contributed by atoms with van der Waals surface area (Å²) >= 11 is 5.15. The quantitative estimate of drug-likeness (QED) is 0.662. The maximum absolute atomic E-state index is 6.04. The van der Waals surface area contributed by atoms with Crippen LogP contribution in [0.3, 0.4) is 0 Å². The summed E-state index contributed by atoms with van der Waals surface area (Å²) in [4.78, 5) is 6.82. The molecule has 0 bridgehead atoms. The van der Waals surface area contributed by atoms with E-state index in [2.05, 4.69) is 52.1 Å². The smallest absolute Gasteiger partial charge is 0.0862 e. The van der Waals surface area contributed by atoms with Crippen molar-refractivity contribution in [3.8, 4) is 0 Å². The molecule has 1 heterocycles. The number of aryl methyl sites for hydroxylation is 1. The van der Waals surface area contributed by atoms with Crippen LogP contribution < -0.4 is 5.73 Å². The molecule has 0 spiro atoms. The Morgan fingerprint density at radius 1 is 1.10 bits per heavy atom. The van der Waals surface area contributed by atoms with Crippen LogP contribution in [0, 0.1) is 6.92 Å². The highest BCUT2D eigenvalue weighted by Gasteiger charge is 2.08. The van der Waals surface area contributed by atoms with Crippen molar-refractivity contribution in [2.45, 2.75) is 16.7 Å². The molecular formula is C16H13BrN2S. The van der Waals surface area contributed by atoms with E-state index in [0.717, 1.165) is 26.0 Å². The summed E-state index contributed by atoms with van der Waals surface area (Å²) in [5.74, 6) is 0. The van der Waals surface area contributed by atoms with E-state index in [9.17, 15) is 0 Å². The van der Waals surface area contributed by atoms with Crippen LogP contribution in [0.1, 0.15) is 5.56 Å². The molecule has 0 amide bonds. The van der Waals surface area contributed by atoms with Crippen LogP contribution in [-0.4, -0.2) is 4.98 Å². The fourth-order valence-electron chi connectivity index (χ4n) is 2.01. The summed E-state index contributed by atoms with van der Waals surface area (Å²) < 4.78 is 0.939. The van der Waals surface area contributed by atoms with Crippen molar-refractivity contribution in [3.63, 3.8) is 0 Å². The highest BCUT2D eigenvalue weighted by atomic mass is 79.9. The van der Waals surface area contributed by atoms with Crippen molar-refractivity contribution in [2.75, 3.05) is 5.73 Å². The van der Waals surface area contributed by atoms with Crippen molar-refractivity contribution in [2.24, 2.45) is 0 Å². The number of fused-ring (bicyclic) bond motifs is 1. The molecule has 3 rings (SSSR count). The summed E-state index contributed by atoms with van der Waals surface area (Å²) in [6.07, 6.45) is 1.81. The van der Waals surface area contributed by atoms with Crippen LogP contribution in [0.2, 0.25) is 0 Å². The first-order valence-electron chi connectivity index (χ1n) is 6.22. The van der Waals surface area contributed by atoms with E-state index < -0.39 is 0 Å². The van der Waals surface area contributed by atoms with E-state index in [1.54, 1.807) is 18.0 Å². The summed E-state index contributed by atoms with van der Waals surface area (Å²) in [6, 6.07) is 14.5. The number of rotatable bonds is 2. The topological polar surface area (TPSA) is 38.9 Å². The SMILES string of the molecule is Cc1ccc(Sc2ccc(N)c3cc(Br)cnc23)cc1. The summed E-state index contributed by atoms with van der Waals surface area (Å²) in [5, 5.41) is 0.983. The van der Waals surface area contributed by atoms with E-state index in [0.29, 0.717) is 0 Å². The molecule has 2 aromatic carbocycles. The molecule has 0 saturated carbocycles. The fraction of sp³-hybridized carbons (Fsp3) is 0.0625. The van der Waals surface area contributed by atoms with Gasteiger partial charge in [0.25, 0.3) is 0 Å². The molecule has 0 aliphatic rings. The number of nitrogens with two attached hydrogens (primary N) is 1. The Balaban J connectivity index is 2.08. The monoisotopic (exact) mass is 344 g/mol. The lowest BCUT2D eigenvalue weighted by Crippen LogP contribution is -1.90. The van der Waals surface area contributed by atoms with Gasteiger partial charge in [-0.1, -0.05) is 29.5 Å². The first kappa shape index (κ1) is 13.5. The molecule has 20 heavy (non-hydrogen) atoms. The Labute approximate surface area is 130 Å². The number of halogens is 1. The minimum atomic E-state index is 0.752. The first-order chi connectivity index (χ1) is 9.63. The molecule has 4 heteroatoms. The number of benzene rings is 2. The van der Waals surface area contributed by atoms with Crippen molar-refractivity contribution in [3.05, 3.63) is 58.7 Å². The second-order valence-corrected chi connectivity index (χ2v) is 6.65. The van der Waals surface area contributed by atoms with E-state index in [-0.39, 0.29) is 0 Å².